The summed E-state index contributed by atoms with van der Waals surface area (Å²) in [6, 6.07) is 46.5. The monoisotopic (exact) mass is 631 g/mol. The minimum Gasteiger partial charge on any atom is -0.258 e. The van der Waals surface area contributed by atoms with E-state index in [1.807, 2.05) is 0 Å². The van der Waals surface area contributed by atoms with Gasteiger partial charge in [-0.1, -0.05) is 141 Å². The quantitative estimate of drug-likeness (QED) is 0.171. The summed E-state index contributed by atoms with van der Waals surface area (Å²) in [6.45, 7) is 9.33. The topological polar surface area (TPSA) is 12.4 Å². The largest absolute Gasteiger partial charge is 0.258 e. The number of fused-ring (bicyclic) bond motifs is 9. The molecule has 0 aliphatic heterocycles. The maximum absolute atomic E-state index is 5.30. The van der Waals surface area contributed by atoms with Crippen LogP contribution in [-0.4, -0.2) is 5.71 Å². The van der Waals surface area contributed by atoms with E-state index >= 15 is 0 Å². The molecule has 0 saturated carbocycles. The van der Waals surface area contributed by atoms with Crippen LogP contribution in [0.2, 0.25) is 0 Å². The fourth-order valence-electron chi connectivity index (χ4n) is 9.70. The Balaban J connectivity index is 1.12. The van der Waals surface area contributed by atoms with Gasteiger partial charge in [0.15, 0.2) is 0 Å². The second-order valence-electron chi connectivity index (χ2n) is 14.5. The third-order valence-corrected chi connectivity index (χ3v) is 11.9. The van der Waals surface area contributed by atoms with Crippen molar-refractivity contribution >= 4 is 11.4 Å². The Morgan fingerprint density at radius 3 is 1.90 bits per heavy atom. The summed E-state index contributed by atoms with van der Waals surface area (Å²) >= 11 is 0. The molecule has 0 bridgehead atoms. The van der Waals surface area contributed by atoms with Gasteiger partial charge < -0.3 is 0 Å². The first-order chi connectivity index (χ1) is 24.0. The first-order valence-electron chi connectivity index (χ1n) is 17.8. The lowest BCUT2D eigenvalue weighted by Gasteiger charge is -2.47. The van der Waals surface area contributed by atoms with Crippen LogP contribution in [0.25, 0.3) is 39.1 Å². The molecule has 238 valence electrons. The van der Waals surface area contributed by atoms with Crippen LogP contribution in [0.5, 0.6) is 0 Å². The van der Waals surface area contributed by atoms with E-state index in [4.69, 9.17) is 4.99 Å². The maximum atomic E-state index is 5.30. The highest BCUT2D eigenvalue weighted by atomic mass is 14.8. The van der Waals surface area contributed by atoms with Gasteiger partial charge in [-0.25, -0.2) is 0 Å². The second-order valence-corrected chi connectivity index (χ2v) is 14.5. The molecular formula is C48H41N. The lowest BCUT2D eigenvalue weighted by atomic mass is 9.54. The minimum absolute atomic E-state index is 0.0121. The molecule has 0 aromatic heterocycles. The molecule has 9 rings (SSSR count). The number of aliphatic imine (C=N–C) groups is 1. The zero-order valence-corrected chi connectivity index (χ0v) is 28.4. The van der Waals surface area contributed by atoms with Crippen molar-refractivity contribution in [1.29, 1.82) is 0 Å². The first-order valence-corrected chi connectivity index (χ1v) is 17.8. The highest BCUT2D eigenvalue weighted by Gasteiger charge is 2.63. The van der Waals surface area contributed by atoms with Crippen LogP contribution >= 0.6 is 0 Å². The standard InChI is InChI=1S/C48H41N/c1-32(49-33(2)37-28-38(34-16-6-4-7-17-34)30-39(29-37)35-18-8-5-9-19-35)36-25-26-42-43-22-14-15-27-47(43,3)48(46(42)31-36)44-23-12-10-20-40(44)41-21-11-13-24-45(41)48/h4-13,16-26,28-30,36H,2,14-15,27,31H2,1,3H3/b49-32+. The first kappa shape index (κ1) is 29.8. The van der Waals surface area contributed by atoms with Crippen molar-refractivity contribution < 1.29 is 0 Å². The summed E-state index contributed by atoms with van der Waals surface area (Å²) in [7, 11) is 0. The van der Waals surface area contributed by atoms with Gasteiger partial charge in [0.05, 0.1) is 11.1 Å². The van der Waals surface area contributed by atoms with E-state index < -0.39 is 0 Å². The predicted molar refractivity (Wildman–Crippen MR) is 206 cm³/mol. The van der Waals surface area contributed by atoms with Crippen molar-refractivity contribution in [3.63, 3.8) is 0 Å². The Kier molecular flexibility index (Phi) is 6.95. The number of hydrogen-bond acceptors (Lipinski definition) is 1. The Labute approximate surface area is 290 Å². The van der Waals surface area contributed by atoms with Crippen LogP contribution in [0.3, 0.4) is 0 Å². The zero-order valence-electron chi connectivity index (χ0n) is 28.4. The predicted octanol–water partition coefficient (Wildman–Crippen LogP) is 12.4. The molecule has 1 spiro atoms. The molecule has 0 saturated heterocycles. The molecule has 4 aliphatic rings. The smallest absolute Gasteiger partial charge is 0.0630 e. The average molecular weight is 632 g/mol. The molecule has 5 aromatic carbocycles. The average Bonchev–Trinajstić information content (AvgIpc) is 3.59. The molecule has 1 nitrogen and oxygen atoms in total. The van der Waals surface area contributed by atoms with Gasteiger partial charge in [-0.3, -0.25) is 4.99 Å². The van der Waals surface area contributed by atoms with Crippen LogP contribution in [0.15, 0.2) is 174 Å². The number of hydrogen-bond donors (Lipinski definition) is 0. The van der Waals surface area contributed by atoms with Crippen LogP contribution in [-0.2, 0) is 5.41 Å². The lowest BCUT2D eigenvalue weighted by molar-refractivity contribution is 0.247. The summed E-state index contributed by atoms with van der Waals surface area (Å²) in [4.78, 5) is 5.30. The molecule has 5 aromatic rings. The molecule has 0 N–H and O–H groups in total. The SMILES string of the molecule is C=C(/N=C(\C)C1C=CC2=C(C1)C1(c3ccccc3-c3ccccc31)C1(C)CCCC=C21)c1cc(-c2ccccc2)cc(-c2ccccc2)c1. The van der Waals surface area contributed by atoms with E-state index in [1.165, 1.54) is 62.9 Å². The molecule has 1 heteroatoms. The molecule has 0 fully saturated rings. The molecule has 0 radical (unpaired) electrons. The van der Waals surface area contributed by atoms with Crippen molar-refractivity contribution in [1.82, 2.24) is 0 Å². The van der Waals surface area contributed by atoms with E-state index in [1.54, 1.807) is 11.1 Å². The normalized spacial score (nSPS) is 21.6. The number of rotatable bonds is 5. The Bertz CT molecular complexity index is 2160. The Morgan fingerprint density at radius 1 is 0.714 bits per heavy atom. The fraction of sp³-hybridized carbons (Fsp3) is 0.188. The van der Waals surface area contributed by atoms with E-state index in [9.17, 15) is 0 Å². The number of allylic oxidation sites excluding steroid dienone is 6. The molecule has 49 heavy (non-hydrogen) atoms. The van der Waals surface area contributed by atoms with Gasteiger partial charge in [0.1, 0.15) is 0 Å². The highest BCUT2D eigenvalue weighted by molar-refractivity contribution is 5.94. The summed E-state index contributed by atoms with van der Waals surface area (Å²) < 4.78 is 0. The van der Waals surface area contributed by atoms with Gasteiger partial charge in [-0.2, -0.15) is 0 Å². The van der Waals surface area contributed by atoms with Crippen molar-refractivity contribution in [3.05, 3.63) is 186 Å². The van der Waals surface area contributed by atoms with Gasteiger partial charge in [-0.05, 0) is 112 Å². The second kappa shape index (κ2) is 11.4. The summed E-state index contributed by atoms with van der Waals surface area (Å²) in [5.41, 5.74) is 17.9. The Hall–Kier alpha value is -5.27. The lowest BCUT2D eigenvalue weighted by Crippen LogP contribution is -2.43. The van der Waals surface area contributed by atoms with E-state index in [0.29, 0.717) is 0 Å². The van der Waals surface area contributed by atoms with Crippen molar-refractivity contribution in [2.75, 3.05) is 0 Å². The molecule has 2 atom stereocenters. The van der Waals surface area contributed by atoms with E-state index in [0.717, 1.165) is 29.8 Å². The van der Waals surface area contributed by atoms with Gasteiger partial charge in [0.2, 0.25) is 0 Å². The molecule has 4 aliphatic carbocycles. The van der Waals surface area contributed by atoms with Crippen LogP contribution in [0, 0.1) is 11.3 Å². The molecule has 0 heterocycles. The van der Waals surface area contributed by atoms with Crippen molar-refractivity contribution in [2.24, 2.45) is 16.3 Å². The summed E-state index contributed by atoms with van der Waals surface area (Å²) in [5, 5.41) is 0. The van der Waals surface area contributed by atoms with Gasteiger partial charge in [-0.15, -0.1) is 0 Å². The molecule has 0 amide bonds. The zero-order chi connectivity index (χ0) is 33.2. The number of nitrogens with zero attached hydrogens (tertiary/aromatic N) is 1. The van der Waals surface area contributed by atoms with E-state index in [-0.39, 0.29) is 16.7 Å². The van der Waals surface area contributed by atoms with Gasteiger partial charge in [0.25, 0.3) is 0 Å². The Morgan fingerprint density at radius 2 is 1.29 bits per heavy atom. The van der Waals surface area contributed by atoms with Crippen molar-refractivity contribution in [2.45, 2.75) is 44.9 Å². The van der Waals surface area contributed by atoms with Crippen LogP contribution in [0.1, 0.15) is 56.2 Å². The number of benzene rings is 5. The molecule has 2 unspecified atom stereocenters. The van der Waals surface area contributed by atoms with Crippen LogP contribution < -0.4 is 0 Å². The fourth-order valence-corrected chi connectivity index (χ4v) is 9.70. The van der Waals surface area contributed by atoms with Gasteiger partial charge >= 0.3 is 0 Å². The van der Waals surface area contributed by atoms with Crippen molar-refractivity contribution in [3.8, 4) is 33.4 Å². The molecular weight excluding hydrogens is 591 g/mol. The third kappa shape index (κ3) is 4.41. The summed E-state index contributed by atoms with van der Waals surface area (Å²) in [5.74, 6) is 0.197. The van der Waals surface area contributed by atoms with Crippen LogP contribution in [0.4, 0.5) is 0 Å². The summed E-state index contributed by atoms with van der Waals surface area (Å²) in [6.07, 6.45) is 12.0. The minimum atomic E-state index is -0.170. The van der Waals surface area contributed by atoms with E-state index in [2.05, 4.69) is 166 Å². The van der Waals surface area contributed by atoms with Gasteiger partial charge in [0, 0.05) is 22.6 Å². The third-order valence-electron chi connectivity index (χ3n) is 11.9. The highest BCUT2D eigenvalue weighted by Crippen LogP contribution is 2.72. The maximum Gasteiger partial charge on any atom is 0.0630 e.